The summed E-state index contributed by atoms with van der Waals surface area (Å²) in [6, 6.07) is 1.88. The van der Waals surface area contributed by atoms with Crippen LogP contribution in [-0.2, 0) is 6.42 Å². The van der Waals surface area contributed by atoms with Crippen LogP contribution in [0.3, 0.4) is 0 Å². The van der Waals surface area contributed by atoms with Crippen LogP contribution >= 0.6 is 15.9 Å². The molecule has 0 bridgehead atoms. The average Bonchev–Trinajstić information content (AvgIpc) is 2.12. The number of aryl methyl sites for hydroxylation is 1. The van der Waals surface area contributed by atoms with Gasteiger partial charge >= 0.3 is 0 Å². The standard InChI is InChI=1S/C9H12BrN3O/c1-2-8-11-7(10)3-9(12-8)13-4-6(14)5-13/h3,6,14H,2,4-5H2,1H3. The third-order valence-electron chi connectivity index (χ3n) is 2.23. The van der Waals surface area contributed by atoms with Gasteiger partial charge in [-0.2, -0.15) is 0 Å². The number of aromatic nitrogens is 2. The fraction of sp³-hybridized carbons (Fsp3) is 0.556. The Hall–Kier alpha value is -0.680. The van der Waals surface area contributed by atoms with Crippen LogP contribution in [0.2, 0.25) is 0 Å². The number of aliphatic hydroxyl groups excluding tert-OH is 1. The number of hydrogen-bond acceptors (Lipinski definition) is 4. The lowest BCUT2D eigenvalue weighted by Gasteiger charge is -2.36. The maximum absolute atomic E-state index is 9.18. The molecule has 0 unspecified atom stereocenters. The van der Waals surface area contributed by atoms with Gasteiger partial charge in [0.2, 0.25) is 0 Å². The number of nitrogens with zero attached hydrogens (tertiary/aromatic N) is 3. The smallest absolute Gasteiger partial charge is 0.133 e. The highest BCUT2D eigenvalue weighted by atomic mass is 79.9. The van der Waals surface area contributed by atoms with E-state index in [1.165, 1.54) is 0 Å². The van der Waals surface area contributed by atoms with Crippen molar-refractivity contribution < 1.29 is 5.11 Å². The highest BCUT2D eigenvalue weighted by molar-refractivity contribution is 9.10. The van der Waals surface area contributed by atoms with E-state index < -0.39 is 0 Å². The van der Waals surface area contributed by atoms with E-state index in [-0.39, 0.29) is 6.10 Å². The van der Waals surface area contributed by atoms with Crippen molar-refractivity contribution in [3.05, 3.63) is 16.5 Å². The van der Waals surface area contributed by atoms with Crippen molar-refractivity contribution >= 4 is 21.7 Å². The van der Waals surface area contributed by atoms with Crippen molar-refractivity contribution in [3.8, 4) is 0 Å². The van der Waals surface area contributed by atoms with Gasteiger partial charge < -0.3 is 10.0 Å². The Kier molecular flexibility index (Phi) is 2.69. The molecule has 5 heteroatoms. The fourth-order valence-electron chi connectivity index (χ4n) is 1.41. The minimum Gasteiger partial charge on any atom is -0.389 e. The molecule has 14 heavy (non-hydrogen) atoms. The molecule has 4 nitrogen and oxygen atoms in total. The first-order chi connectivity index (χ1) is 6.69. The summed E-state index contributed by atoms with van der Waals surface area (Å²) in [4.78, 5) is 10.6. The van der Waals surface area contributed by atoms with Crippen molar-refractivity contribution in [3.63, 3.8) is 0 Å². The maximum Gasteiger partial charge on any atom is 0.133 e. The second-order valence-corrected chi connectivity index (χ2v) is 4.19. The van der Waals surface area contributed by atoms with Gasteiger partial charge in [-0.3, -0.25) is 0 Å². The van der Waals surface area contributed by atoms with Crippen LogP contribution in [0.4, 0.5) is 5.82 Å². The van der Waals surface area contributed by atoms with Gasteiger partial charge in [0.15, 0.2) is 0 Å². The molecule has 0 atom stereocenters. The SMILES string of the molecule is CCc1nc(Br)cc(N2CC(O)C2)n1. The van der Waals surface area contributed by atoms with Gasteiger partial charge in [-0.1, -0.05) is 6.92 Å². The van der Waals surface area contributed by atoms with Crippen LogP contribution < -0.4 is 4.90 Å². The van der Waals surface area contributed by atoms with Gasteiger partial charge in [-0.25, -0.2) is 9.97 Å². The lowest BCUT2D eigenvalue weighted by molar-refractivity contribution is 0.141. The maximum atomic E-state index is 9.18. The van der Waals surface area contributed by atoms with Gasteiger partial charge in [0.25, 0.3) is 0 Å². The minimum atomic E-state index is -0.200. The van der Waals surface area contributed by atoms with Crippen molar-refractivity contribution in [2.45, 2.75) is 19.4 Å². The molecule has 1 aromatic rings. The topological polar surface area (TPSA) is 49.2 Å². The highest BCUT2D eigenvalue weighted by Crippen LogP contribution is 2.21. The molecular weight excluding hydrogens is 246 g/mol. The van der Waals surface area contributed by atoms with Crippen molar-refractivity contribution in [1.82, 2.24) is 9.97 Å². The summed E-state index contributed by atoms with van der Waals surface area (Å²) >= 11 is 3.35. The van der Waals surface area contributed by atoms with Crippen molar-refractivity contribution in [2.75, 3.05) is 18.0 Å². The van der Waals surface area contributed by atoms with Crippen LogP contribution in [0.5, 0.6) is 0 Å². The molecular formula is C9H12BrN3O. The second-order valence-electron chi connectivity index (χ2n) is 3.38. The first kappa shape index (κ1) is 9.86. The highest BCUT2D eigenvalue weighted by Gasteiger charge is 2.25. The van der Waals surface area contributed by atoms with Crippen LogP contribution in [-0.4, -0.2) is 34.3 Å². The fourth-order valence-corrected chi connectivity index (χ4v) is 1.82. The van der Waals surface area contributed by atoms with E-state index in [0.717, 1.165) is 22.7 Å². The number of hydrogen-bond donors (Lipinski definition) is 1. The third-order valence-corrected chi connectivity index (χ3v) is 2.64. The van der Waals surface area contributed by atoms with Gasteiger partial charge in [-0.15, -0.1) is 0 Å². The minimum absolute atomic E-state index is 0.200. The molecule has 0 aromatic carbocycles. The quantitative estimate of drug-likeness (QED) is 0.803. The molecule has 1 aliphatic rings. The van der Waals surface area contributed by atoms with Crippen LogP contribution in [0.25, 0.3) is 0 Å². The molecule has 2 heterocycles. The zero-order valence-corrected chi connectivity index (χ0v) is 9.53. The molecule has 1 aliphatic heterocycles. The molecule has 76 valence electrons. The van der Waals surface area contributed by atoms with Crippen LogP contribution in [0.1, 0.15) is 12.7 Å². The summed E-state index contributed by atoms with van der Waals surface area (Å²) in [6.07, 6.45) is 0.622. The Labute approximate surface area is 91.1 Å². The third kappa shape index (κ3) is 1.88. The van der Waals surface area contributed by atoms with Gasteiger partial charge in [-0.05, 0) is 15.9 Å². The van der Waals surface area contributed by atoms with E-state index in [2.05, 4.69) is 25.9 Å². The number of aliphatic hydroxyl groups is 1. The normalized spacial score (nSPS) is 16.9. The van der Waals surface area contributed by atoms with E-state index in [1.54, 1.807) is 0 Å². The lowest BCUT2D eigenvalue weighted by Crippen LogP contribution is -2.51. The molecule has 0 amide bonds. The predicted octanol–water partition coefficient (Wildman–Crippen LogP) is 0.982. The second kappa shape index (κ2) is 3.82. The van der Waals surface area contributed by atoms with Crippen LogP contribution in [0, 0.1) is 0 Å². The zero-order valence-electron chi connectivity index (χ0n) is 7.94. The molecule has 2 rings (SSSR count). The summed E-state index contributed by atoms with van der Waals surface area (Å²) in [5, 5.41) is 9.18. The summed E-state index contributed by atoms with van der Waals surface area (Å²) < 4.78 is 0.806. The van der Waals surface area contributed by atoms with E-state index in [4.69, 9.17) is 0 Å². The Bertz CT molecular complexity index is 339. The molecule has 1 fully saturated rings. The molecule has 1 N–H and O–H groups in total. The molecule has 1 saturated heterocycles. The van der Waals surface area contributed by atoms with Gasteiger partial charge in [0.1, 0.15) is 16.2 Å². The largest absolute Gasteiger partial charge is 0.389 e. The van der Waals surface area contributed by atoms with E-state index in [9.17, 15) is 5.11 Å². The van der Waals surface area contributed by atoms with Gasteiger partial charge in [0, 0.05) is 25.6 Å². The first-order valence-corrected chi connectivity index (χ1v) is 5.45. The molecule has 0 aliphatic carbocycles. The lowest BCUT2D eigenvalue weighted by atomic mass is 10.2. The summed E-state index contributed by atoms with van der Waals surface area (Å²) in [7, 11) is 0. The number of halogens is 1. The first-order valence-electron chi connectivity index (χ1n) is 4.65. The zero-order chi connectivity index (χ0) is 10.1. The Morgan fingerprint density at radius 2 is 2.29 bits per heavy atom. The Morgan fingerprint density at radius 3 is 2.86 bits per heavy atom. The molecule has 0 spiro atoms. The van der Waals surface area contributed by atoms with Crippen molar-refractivity contribution in [2.24, 2.45) is 0 Å². The van der Waals surface area contributed by atoms with E-state index in [0.29, 0.717) is 13.1 Å². The monoisotopic (exact) mass is 257 g/mol. The number of rotatable bonds is 2. The van der Waals surface area contributed by atoms with E-state index in [1.807, 2.05) is 17.9 Å². The van der Waals surface area contributed by atoms with Crippen molar-refractivity contribution in [1.29, 1.82) is 0 Å². The molecule has 0 saturated carbocycles. The predicted molar refractivity (Wildman–Crippen MR) is 57.3 cm³/mol. The average molecular weight is 258 g/mol. The van der Waals surface area contributed by atoms with Crippen LogP contribution in [0.15, 0.2) is 10.7 Å². The number of anilines is 1. The summed E-state index contributed by atoms with van der Waals surface area (Å²) in [6.45, 7) is 3.37. The van der Waals surface area contributed by atoms with E-state index >= 15 is 0 Å². The summed E-state index contributed by atoms with van der Waals surface area (Å²) in [5.41, 5.74) is 0. The summed E-state index contributed by atoms with van der Waals surface area (Å²) in [5.74, 6) is 1.73. The number of β-amino-alcohol motifs (C(OH)–C–C–N with tert-alkyl or cyclic N) is 1. The van der Waals surface area contributed by atoms with Gasteiger partial charge in [0.05, 0.1) is 6.10 Å². The molecule has 1 aromatic heterocycles. The Morgan fingerprint density at radius 1 is 1.57 bits per heavy atom. The Balaban J connectivity index is 2.21. The molecule has 0 radical (unpaired) electrons.